The highest BCUT2D eigenvalue weighted by Gasteiger charge is 2.41. The van der Waals surface area contributed by atoms with Gasteiger partial charge in [0, 0.05) is 20.1 Å². The summed E-state index contributed by atoms with van der Waals surface area (Å²) in [7, 11) is 1.59. The lowest BCUT2D eigenvalue weighted by molar-refractivity contribution is -0.128. The maximum atomic E-state index is 14.6. The van der Waals surface area contributed by atoms with Crippen LogP contribution >= 0.6 is 0 Å². The van der Waals surface area contributed by atoms with Crippen LogP contribution in [0.15, 0.2) is 0 Å². The molecule has 0 aromatic carbocycles. The molecule has 0 spiro atoms. The van der Waals surface area contributed by atoms with E-state index in [1.54, 1.807) is 11.8 Å². The van der Waals surface area contributed by atoms with Crippen molar-refractivity contribution in [3.05, 3.63) is 11.4 Å². The molecule has 0 saturated carbocycles. The molecule has 2 rings (SSSR count). The number of hydrogen-bond acceptors (Lipinski definition) is 6. The molecule has 1 unspecified atom stereocenters. The van der Waals surface area contributed by atoms with E-state index in [4.69, 9.17) is 14.2 Å². The highest BCUT2D eigenvalue weighted by atomic mass is 19.3. The van der Waals surface area contributed by atoms with Gasteiger partial charge >= 0.3 is 0 Å². The van der Waals surface area contributed by atoms with Gasteiger partial charge in [0.15, 0.2) is 5.69 Å². The average Bonchev–Trinajstić information content (AvgIpc) is 3.08. The summed E-state index contributed by atoms with van der Waals surface area (Å²) in [6.45, 7) is 7.21. The third-order valence-electron chi connectivity index (χ3n) is 4.68. The zero-order chi connectivity index (χ0) is 21.5. The Morgan fingerprint density at radius 1 is 1.28 bits per heavy atom. The first kappa shape index (κ1) is 23.6. The standard InChI is InChI=1S/C19H32F2N4O4/c1-18(2,3)25-15-6-5-14(7-8-19(20,21)17(15)23-24-25)29-13-16(26)22-9-10-28-12-11-27-4/h14H,5-13H2,1-4H3,(H,22,26). The third-order valence-corrected chi connectivity index (χ3v) is 4.68. The fraction of sp³-hybridized carbons (Fsp3) is 0.842. The molecular weight excluding hydrogens is 386 g/mol. The highest BCUT2D eigenvalue weighted by molar-refractivity contribution is 5.77. The molecule has 29 heavy (non-hydrogen) atoms. The summed E-state index contributed by atoms with van der Waals surface area (Å²) in [5, 5.41) is 10.4. The number of alkyl halides is 2. The molecule has 1 aromatic rings. The third kappa shape index (κ3) is 6.97. The van der Waals surface area contributed by atoms with E-state index in [9.17, 15) is 13.6 Å². The predicted octanol–water partition coefficient (Wildman–Crippen LogP) is 2.02. The van der Waals surface area contributed by atoms with Gasteiger partial charge in [0.1, 0.15) is 6.61 Å². The number of aromatic nitrogens is 3. The van der Waals surface area contributed by atoms with Crippen molar-refractivity contribution in [2.24, 2.45) is 0 Å². The molecule has 1 amide bonds. The summed E-state index contributed by atoms with van der Waals surface area (Å²) in [5.41, 5.74) is -0.247. The lowest BCUT2D eigenvalue weighted by Crippen LogP contribution is -2.34. The molecule has 8 nitrogen and oxygen atoms in total. The van der Waals surface area contributed by atoms with Crippen LogP contribution < -0.4 is 5.32 Å². The highest BCUT2D eigenvalue weighted by Crippen LogP contribution is 2.38. The van der Waals surface area contributed by atoms with E-state index in [-0.39, 0.29) is 31.0 Å². The molecule has 1 N–H and O–H groups in total. The van der Waals surface area contributed by atoms with Crippen molar-refractivity contribution >= 4 is 5.91 Å². The van der Waals surface area contributed by atoms with Gasteiger partial charge in [0.05, 0.1) is 37.2 Å². The van der Waals surface area contributed by atoms with Gasteiger partial charge in [-0.05, 0) is 40.0 Å². The monoisotopic (exact) mass is 418 g/mol. The van der Waals surface area contributed by atoms with Crippen molar-refractivity contribution in [2.45, 2.75) is 64.0 Å². The fourth-order valence-corrected chi connectivity index (χ4v) is 3.17. The molecule has 1 aliphatic carbocycles. The number of methoxy groups -OCH3 is 1. The summed E-state index contributed by atoms with van der Waals surface area (Å²) in [4.78, 5) is 11.9. The first-order chi connectivity index (χ1) is 13.6. The van der Waals surface area contributed by atoms with Gasteiger partial charge in [-0.25, -0.2) is 4.68 Å². The zero-order valence-corrected chi connectivity index (χ0v) is 17.7. The second kappa shape index (κ2) is 10.4. The van der Waals surface area contributed by atoms with Gasteiger partial charge < -0.3 is 19.5 Å². The van der Waals surface area contributed by atoms with Crippen molar-refractivity contribution in [2.75, 3.05) is 40.1 Å². The fourth-order valence-electron chi connectivity index (χ4n) is 3.17. The van der Waals surface area contributed by atoms with Gasteiger partial charge in [-0.2, -0.15) is 8.78 Å². The molecule has 1 aliphatic rings. The number of carbonyl (C=O) groups is 1. The Labute approximate surface area is 170 Å². The minimum atomic E-state index is -3.07. The Kier molecular flexibility index (Phi) is 8.47. The molecule has 0 saturated heterocycles. The molecule has 166 valence electrons. The van der Waals surface area contributed by atoms with Gasteiger partial charge in [-0.15, -0.1) is 5.10 Å². The van der Waals surface area contributed by atoms with Crippen LogP contribution in [0.2, 0.25) is 0 Å². The number of rotatable bonds is 9. The van der Waals surface area contributed by atoms with Crippen LogP contribution in [-0.4, -0.2) is 67.1 Å². The number of ether oxygens (including phenoxy) is 3. The number of nitrogens with zero attached hydrogens (tertiary/aromatic N) is 3. The van der Waals surface area contributed by atoms with Crippen LogP contribution in [0.4, 0.5) is 8.78 Å². The van der Waals surface area contributed by atoms with Crippen LogP contribution in [0.1, 0.15) is 51.4 Å². The number of nitrogens with one attached hydrogen (secondary N) is 1. The Hall–Kier alpha value is -1.65. The molecule has 1 aromatic heterocycles. The van der Waals surface area contributed by atoms with Gasteiger partial charge in [0.2, 0.25) is 5.91 Å². The molecule has 0 bridgehead atoms. The number of fused-ring (bicyclic) bond motifs is 1. The van der Waals surface area contributed by atoms with Crippen molar-refractivity contribution in [1.82, 2.24) is 20.3 Å². The van der Waals surface area contributed by atoms with E-state index in [2.05, 4.69) is 15.6 Å². The quantitative estimate of drug-likeness (QED) is 0.618. The van der Waals surface area contributed by atoms with E-state index in [0.29, 0.717) is 44.9 Å². The van der Waals surface area contributed by atoms with Crippen LogP contribution in [0.3, 0.4) is 0 Å². The van der Waals surface area contributed by atoms with Crippen molar-refractivity contribution < 1.29 is 27.8 Å². The average molecular weight is 418 g/mol. The van der Waals surface area contributed by atoms with Gasteiger partial charge in [0.25, 0.3) is 5.92 Å². The first-order valence-electron chi connectivity index (χ1n) is 9.93. The summed E-state index contributed by atoms with van der Waals surface area (Å²) in [6.07, 6.45) is 0.237. The zero-order valence-electron chi connectivity index (χ0n) is 17.7. The van der Waals surface area contributed by atoms with Gasteiger partial charge in [-0.1, -0.05) is 5.21 Å². The molecule has 10 heteroatoms. The SMILES string of the molecule is COCCOCCNC(=O)COC1CCc2c(nnn2C(C)(C)C)C(F)(F)CC1. The van der Waals surface area contributed by atoms with Crippen LogP contribution in [-0.2, 0) is 36.9 Å². The van der Waals surface area contributed by atoms with Crippen molar-refractivity contribution in [3.63, 3.8) is 0 Å². The normalized spacial score (nSPS) is 19.3. The van der Waals surface area contributed by atoms with E-state index in [1.807, 2.05) is 20.8 Å². The first-order valence-corrected chi connectivity index (χ1v) is 9.93. The predicted molar refractivity (Wildman–Crippen MR) is 102 cm³/mol. The van der Waals surface area contributed by atoms with E-state index >= 15 is 0 Å². The number of hydrogen-bond donors (Lipinski definition) is 1. The molecule has 1 heterocycles. The molecule has 1 atom stereocenters. The van der Waals surface area contributed by atoms with E-state index in [0.717, 1.165) is 0 Å². The lowest BCUT2D eigenvalue weighted by Gasteiger charge is -2.27. The molecule has 0 radical (unpaired) electrons. The summed E-state index contributed by atoms with van der Waals surface area (Å²) in [5.74, 6) is -3.36. The molecular formula is C19H32F2N4O4. The second-order valence-corrected chi connectivity index (χ2v) is 8.14. The van der Waals surface area contributed by atoms with Gasteiger partial charge in [-0.3, -0.25) is 4.79 Å². The largest absolute Gasteiger partial charge is 0.382 e. The number of halogens is 2. The van der Waals surface area contributed by atoms with Crippen molar-refractivity contribution in [1.29, 1.82) is 0 Å². The topological polar surface area (TPSA) is 87.5 Å². The minimum absolute atomic E-state index is 0.155. The van der Waals surface area contributed by atoms with E-state index in [1.165, 1.54) is 0 Å². The smallest absolute Gasteiger partial charge is 0.293 e. The minimum Gasteiger partial charge on any atom is -0.382 e. The Morgan fingerprint density at radius 2 is 2.03 bits per heavy atom. The Morgan fingerprint density at radius 3 is 2.72 bits per heavy atom. The lowest BCUT2D eigenvalue weighted by atomic mass is 9.95. The maximum absolute atomic E-state index is 14.6. The number of carbonyl (C=O) groups excluding carboxylic acids is 1. The summed E-state index contributed by atoms with van der Waals surface area (Å²) >= 11 is 0. The number of amides is 1. The molecule has 0 aliphatic heterocycles. The second-order valence-electron chi connectivity index (χ2n) is 8.14. The van der Waals surface area contributed by atoms with Crippen molar-refractivity contribution in [3.8, 4) is 0 Å². The Bertz CT molecular complexity index is 661. The summed E-state index contributed by atoms with van der Waals surface area (Å²) in [6, 6.07) is 0. The van der Waals surface area contributed by atoms with Crippen LogP contribution in [0, 0.1) is 0 Å². The molecule has 0 fully saturated rings. The van der Waals surface area contributed by atoms with Crippen LogP contribution in [0.5, 0.6) is 0 Å². The maximum Gasteiger partial charge on any atom is 0.293 e. The summed E-state index contributed by atoms with van der Waals surface area (Å²) < 4.78 is 46.6. The van der Waals surface area contributed by atoms with E-state index < -0.39 is 17.6 Å². The van der Waals surface area contributed by atoms with Crippen LogP contribution in [0.25, 0.3) is 0 Å². The Balaban J connectivity index is 1.86.